The molecule has 2 rings (SSSR count). The SMILES string of the molecule is Cc1cccc(-n2cnnc2)c1CN. The zero-order valence-electron chi connectivity index (χ0n) is 8.01. The van der Waals surface area contributed by atoms with Crippen molar-refractivity contribution in [3.8, 4) is 5.69 Å². The largest absolute Gasteiger partial charge is 0.326 e. The molecule has 0 aliphatic rings. The maximum atomic E-state index is 5.70. The Kier molecular flexibility index (Phi) is 2.28. The fourth-order valence-electron chi connectivity index (χ4n) is 1.52. The summed E-state index contributed by atoms with van der Waals surface area (Å²) in [5.74, 6) is 0. The molecule has 4 heteroatoms. The van der Waals surface area contributed by atoms with Crippen molar-refractivity contribution in [3.63, 3.8) is 0 Å². The van der Waals surface area contributed by atoms with Crippen molar-refractivity contribution < 1.29 is 0 Å². The van der Waals surface area contributed by atoms with E-state index in [1.807, 2.05) is 16.7 Å². The van der Waals surface area contributed by atoms with Crippen LogP contribution in [0.15, 0.2) is 30.9 Å². The molecule has 1 heterocycles. The smallest absolute Gasteiger partial charge is 0.123 e. The Labute approximate surface area is 82.4 Å². The minimum absolute atomic E-state index is 0.528. The van der Waals surface area contributed by atoms with E-state index in [0.29, 0.717) is 6.54 Å². The highest BCUT2D eigenvalue weighted by Gasteiger charge is 2.04. The molecule has 0 aliphatic heterocycles. The van der Waals surface area contributed by atoms with Crippen molar-refractivity contribution in [2.24, 2.45) is 5.73 Å². The Bertz CT molecular complexity index is 420. The van der Waals surface area contributed by atoms with Crippen molar-refractivity contribution in [2.45, 2.75) is 13.5 Å². The number of nitrogens with two attached hydrogens (primary N) is 1. The van der Waals surface area contributed by atoms with Gasteiger partial charge in [-0.15, -0.1) is 10.2 Å². The fraction of sp³-hybridized carbons (Fsp3) is 0.200. The van der Waals surface area contributed by atoms with Crippen LogP contribution in [0.4, 0.5) is 0 Å². The molecule has 0 fully saturated rings. The molecule has 14 heavy (non-hydrogen) atoms. The van der Waals surface area contributed by atoms with E-state index in [2.05, 4.69) is 23.2 Å². The summed E-state index contributed by atoms with van der Waals surface area (Å²) < 4.78 is 1.87. The van der Waals surface area contributed by atoms with Crippen molar-refractivity contribution in [1.29, 1.82) is 0 Å². The van der Waals surface area contributed by atoms with Gasteiger partial charge in [0.1, 0.15) is 12.7 Å². The van der Waals surface area contributed by atoms with E-state index >= 15 is 0 Å². The van der Waals surface area contributed by atoms with E-state index in [-0.39, 0.29) is 0 Å². The number of benzene rings is 1. The lowest BCUT2D eigenvalue weighted by molar-refractivity contribution is 0.968. The summed E-state index contributed by atoms with van der Waals surface area (Å²) in [6, 6.07) is 6.07. The fourth-order valence-corrected chi connectivity index (χ4v) is 1.52. The predicted octanol–water partition coefficient (Wildman–Crippen LogP) is 1.03. The van der Waals surface area contributed by atoms with E-state index in [1.54, 1.807) is 12.7 Å². The summed E-state index contributed by atoms with van der Waals surface area (Å²) in [6.07, 6.45) is 3.35. The van der Waals surface area contributed by atoms with Crippen LogP contribution in [0.5, 0.6) is 0 Å². The van der Waals surface area contributed by atoms with Gasteiger partial charge >= 0.3 is 0 Å². The first-order valence-corrected chi connectivity index (χ1v) is 4.46. The van der Waals surface area contributed by atoms with Gasteiger partial charge in [-0.1, -0.05) is 12.1 Å². The van der Waals surface area contributed by atoms with Gasteiger partial charge in [0.15, 0.2) is 0 Å². The third-order valence-corrected chi connectivity index (χ3v) is 2.29. The number of aromatic nitrogens is 3. The Hall–Kier alpha value is -1.68. The first kappa shape index (κ1) is 8.90. The van der Waals surface area contributed by atoms with Gasteiger partial charge in [-0.3, -0.25) is 4.57 Å². The zero-order valence-corrected chi connectivity index (χ0v) is 8.01. The molecule has 0 saturated carbocycles. The van der Waals surface area contributed by atoms with Crippen LogP contribution in [0.25, 0.3) is 5.69 Å². The Morgan fingerprint density at radius 3 is 2.64 bits per heavy atom. The summed E-state index contributed by atoms with van der Waals surface area (Å²) in [6.45, 7) is 2.58. The van der Waals surface area contributed by atoms with Gasteiger partial charge in [-0.25, -0.2) is 0 Å². The van der Waals surface area contributed by atoms with Gasteiger partial charge < -0.3 is 5.73 Å². The summed E-state index contributed by atoms with van der Waals surface area (Å²) in [5, 5.41) is 7.55. The molecule has 2 aromatic rings. The third kappa shape index (κ3) is 1.40. The van der Waals surface area contributed by atoms with Gasteiger partial charge in [0.05, 0.1) is 5.69 Å². The van der Waals surface area contributed by atoms with Crippen molar-refractivity contribution in [3.05, 3.63) is 42.0 Å². The van der Waals surface area contributed by atoms with Crippen LogP contribution in [-0.2, 0) is 6.54 Å². The van der Waals surface area contributed by atoms with Gasteiger partial charge in [-0.2, -0.15) is 0 Å². The highest BCUT2D eigenvalue weighted by molar-refractivity contribution is 5.45. The van der Waals surface area contributed by atoms with Gasteiger partial charge in [-0.05, 0) is 24.1 Å². The molecule has 1 aromatic carbocycles. The molecule has 0 radical (unpaired) electrons. The highest BCUT2D eigenvalue weighted by Crippen LogP contribution is 2.16. The molecule has 0 bridgehead atoms. The molecule has 4 nitrogen and oxygen atoms in total. The lowest BCUT2D eigenvalue weighted by Crippen LogP contribution is -2.05. The second kappa shape index (κ2) is 3.59. The van der Waals surface area contributed by atoms with E-state index in [0.717, 1.165) is 11.3 Å². The Balaban J connectivity index is 2.58. The lowest BCUT2D eigenvalue weighted by Gasteiger charge is -2.10. The average Bonchev–Trinajstić information content (AvgIpc) is 2.70. The van der Waals surface area contributed by atoms with Crippen LogP contribution in [-0.4, -0.2) is 14.8 Å². The molecule has 1 aromatic heterocycles. The van der Waals surface area contributed by atoms with Gasteiger partial charge in [0.25, 0.3) is 0 Å². The first-order valence-electron chi connectivity index (χ1n) is 4.46. The van der Waals surface area contributed by atoms with Crippen LogP contribution in [0.1, 0.15) is 11.1 Å². The van der Waals surface area contributed by atoms with Crippen LogP contribution in [0.3, 0.4) is 0 Å². The minimum Gasteiger partial charge on any atom is -0.326 e. The summed E-state index contributed by atoms with van der Waals surface area (Å²) in [4.78, 5) is 0. The second-order valence-electron chi connectivity index (χ2n) is 3.15. The highest BCUT2D eigenvalue weighted by atomic mass is 15.2. The zero-order chi connectivity index (χ0) is 9.97. The number of aryl methyl sites for hydroxylation is 1. The molecule has 0 amide bonds. The topological polar surface area (TPSA) is 56.7 Å². The normalized spacial score (nSPS) is 10.4. The average molecular weight is 188 g/mol. The van der Waals surface area contributed by atoms with Crippen LogP contribution in [0, 0.1) is 6.92 Å². The number of hydrogen-bond donors (Lipinski definition) is 1. The van der Waals surface area contributed by atoms with Crippen molar-refractivity contribution in [2.75, 3.05) is 0 Å². The second-order valence-corrected chi connectivity index (χ2v) is 3.15. The number of rotatable bonds is 2. The molecule has 0 unspecified atom stereocenters. The summed E-state index contributed by atoms with van der Waals surface area (Å²) >= 11 is 0. The molecule has 72 valence electrons. The van der Waals surface area contributed by atoms with E-state index in [1.165, 1.54) is 5.56 Å². The van der Waals surface area contributed by atoms with Crippen LogP contribution in [0.2, 0.25) is 0 Å². The quantitative estimate of drug-likeness (QED) is 0.766. The maximum absolute atomic E-state index is 5.70. The Morgan fingerprint density at radius 2 is 2.00 bits per heavy atom. The number of hydrogen-bond acceptors (Lipinski definition) is 3. The van der Waals surface area contributed by atoms with Gasteiger partial charge in [0, 0.05) is 6.54 Å². The lowest BCUT2D eigenvalue weighted by atomic mass is 10.1. The van der Waals surface area contributed by atoms with E-state index in [9.17, 15) is 0 Å². The third-order valence-electron chi connectivity index (χ3n) is 2.29. The van der Waals surface area contributed by atoms with Gasteiger partial charge in [0.2, 0.25) is 0 Å². The molecule has 2 N–H and O–H groups in total. The first-order chi connectivity index (χ1) is 6.83. The van der Waals surface area contributed by atoms with E-state index in [4.69, 9.17) is 5.73 Å². The molecular weight excluding hydrogens is 176 g/mol. The Morgan fingerprint density at radius 1 is 1.29 bits per heavy atom. The molecular formula is C10H12N4. The standard InChI is InChI=1S/C10H12N4/c1-8-3-2-4-10(9(8)5-11)14-6-12-13-7-14/h2-4,6-7H,5,11H2,1H3. The summed E-state index contributed by atoms with van der Waals surface area (Å²) in [5.41, 5.74) is 9.08. The van der Waals surface area contributed by atoms with E-state index < -0.39 is 0 Å². The minimum atomic E-state index is 0.528. The monoisotopic (exact) mass is 188 g/mol. The van der Waals surface area contributed by atoms with Crippen molar-refractivity contribution >= 4 is 0 Å². The van der Waals surface area contributed by atoms with Crippen LogP contribution < -0.4 is 5.73 Å². The summed E-state index contributed by atoms with van der Waals surface area (Å²) in [7, 11) is 0. The van der Waals surface area contributed by atoms with Crippen molar-refractivity contribution in [1.82, 2.24) is 14.8 Å². The maximum Gasteiger partial charge on any atom is 0.123 e. The van der Waals surface area contributed by atoms with Crippen LogP contribution >= 0.6 is 0 Å². The predicted molar refractivity (Wildman–Crippen MR) is 54.0 cm³/mol. The molecule has 0 saturated heterocycles. The number of nitrogens with zero attached hydrogens (tertiary/aromatic N) is 3. The molecule has 0 aliphatic carbocycles. The molecule has 0 spiro atoms. The molecule has 0 atom stereocenters.